The van der Waals surface area contributed by atoms with Crippen molar-refractivity contribution in [3.05, 3.63) is 270 Å². The first kappa shape index (κ1) is 84.6. The average molecular weight is 1580 g/mol. The molecule has 0 spiro atoms. The number of nitrogens with zero attached hydrogens (tertiary/aromatic N) is 4. The predicted octanol–water partition coefficient (Wildman–Crippen LogP) is 32.9. The molecule has 0 radical (unpaired) electrons. The molecule has 2 aromatic heterocycles. The van der Waals surface area contributed by atoms with Gasteiger partial charge in [0.15, 0.2) is 5.70 Å². The number of rotatable bonds is 39. The van der Waals surface area contributed by atoms with Crippen LogP contribution in [0.25, 0.3) is 87.2 Å². The molecule has 0 saturated carbocycles. The molecule has 8 heteroatoms. The maximum absolute atomic E-state index is 11.4. The Bertz CT molecular complexity index is 5090. The highest BCUT2D eigenvalue weighted by atomic mass is 32.1. The van der Waals surface area contributed by atoms with Gasteiger partial charge in [0.05, 0.1) is 13.1 Å². The number of carbonyl (C=O) groups is 1. The van der Waals surface area contributed by atoms with Gasteiger partial charge in [0, 0.05) is 77.0 Å². The number of anilines is 4. The molecule has 4 aliphatic rings. The molecule has 8 aromatic carbocycles. The van der Waals surface area contributed by atoms with Crippen LogP contribution in [-0.4, -0.2) is 24.2 Å². The average Bonchev–Trinajstić information content (AvgIpc) is 1.57. The SMILES string of the molecule is [C-]#[N+]/C(=C\c1ccc(-c2ccc3c(c2)C(CCCC)(CCCC)c2cc(N(CCCC)CCCC)ccc2-3)s1)C(=O)O.[C-]#[N+]/C(C)=C\c1ccc(-c2ccc3c(c2)C(CCCC)(CCCC)c2cc(N(c4ccc5c(c4)C(CCCC)(CCCC)c4ccccc4-5)c4ccc5c(c4)C(CCCC)(CCCC)c4ccccc4-5)ccc2-3)s1. The molecule has 2 heterocycles. The lowest BCUT2D eigenvalue weighted by atomic mass is 9.70. The van der Waals surface area contributed by atoms with Gasteiger partial charge in [-0.2, -0.15) is 0 Å². The van der Waals surface area contributed by atoms with E-state index in [1.54, 1.807) is 22.7 Å². The predicted molar refractivity (Wildman–Crippen MR) is 500 cm³/mol. The molecule has 0 bridgehead atoms. The summed E-state index contributed by atoms with van der Waals surface area (Å²) in [5.74, 6) is -1.19. The van der Waals surface area contributed by atoms with Crippen molar-refractivity contribution in [2.24, 2.45) is 0 Å². The Labute approximate surface area is 704 Å². The Hall–Kier alpha value is -9.31. The van der Waals surface area contributed by atoms with Crippen molar-refractivity contribution in [3.8, 4) is 65.4 Å². The second-order valence-electron chi connectivity index (χ2n) is 34.0. The van der Waals surface area contributed by atoms with Gasteiger partial charge in [0.25, 0.3) is 5.70 Å². The number of allylic oxidation sites excluding steroid dienone is 1. The van der Waals surface area contributed by atoms with Crippen molar-refractivity contribution in [2.75, 3.05) is 22.9 Å². The van der Waals surface area contributed by atoms with Crippen LogP contribution < -0.4 is 9.80 Å². The Morgan fingerprint density at radius 2 is 0.638 bits per heavy atom. The summed E-state index contributed by atoms with van der Waals surface area (Å²) in [6.07, 6.45) is 36.6. The van der Waals surface area contributed by atoms with Crippen LogP contribution in [-0.2, 0) is 26.5 Å². The number of hydrogen-bond donors (Lipinski definition) is 1. The van der Waals surface area contributed by atoms with Gasteiger partial charge < -0.3 is 14.9 Å². The summed E-state index contributed by atoms with van der Waals surface area (Å²) in [5.41, 5.74) is 31.2. The van der Waals surface area contributed by atoms with E-state index in [1.165, 1.54) is 270 Å². The molecule has 602 valence electrons. The highest BCUT2D eigenvalue weighted by Gasteiger charge is 2.48. The maximum atomic E-state index is 11.4. The molecule has 4 aliphatic carbocycles. The van der Waals surface area contributed by atoms with Gasteiger partial charge in [0.1, 0.15) is 0 Å². The minimum atomic E-state index is -1.19. The van der Waals surface area contributed by atoms with Crippen LogP contribution in [0, 0.1) is 13.1 Å². The number of carboxylic acid groups (broad SMARTS) is 1. The Morgan fingerprint density at radius 3 is 0.966 bits per heavy atom. The number of benzene rings is 8. The first-order chi connectivity index (χ1) is 56.7. The van der Waals surface area contributed by atoms with E-state index in [9.17, 15) is 9.90 Å². The normalized spacial score (nSPS) is 14.4. The van der Waals surface area contributed by atoms with Crippen molar-refractivity contribution in [1.82, 2.24) is 0 Å². The third-order valence-electron chi connectivity index (χ3n) is 26.5. The van der Waals surface area contributed by atoms with Crippen LogP contribution in [0.3, 0.4) is 0 Å². The van der Waals surface area contributed by atoms with E-state index in [2.05, 4.69) is 265 Å². The van der Waals surface area contributed by atoms with E-state index >= 15 is 0 Å². The second-order valence-corrected chi connectivity index (χ2v) is 36.2. The van der Waals surface area contributed by atoms with Gasteiger partial charge in [-0.3, -0.25) is 4.79 Å². The lowest BCUT2D eigenvalue weighted by molar-refractivity contribution is -0.132. The zero-order valence-electron chi connectivity index (χ0n) is 71.6. The van der Waals surface area contributed by atoms with E-state index in [0.717, 1.165) is 77.5 Å². The van der Waals surface area contributed by atoms with Gasteiger partial charge in [-0.15, -0.1) is 22.7 Å². The Balaban J connectivity index is 0.000000236. The fraction of sp³-hybridized carbons (Fsp3) is 0.417. The highest BCUT2D eigenvalue weighted by Crippen LogP contribution is 2.62. The van der Waals surface area contributed by atoms with E-state index in [-0.39, 0.29) is 27.4 Å². The van der Waals surface area contributed by atoms with Crippen LogP contribution >= 0.6 is 22.7 Å². The second kappa shape index (κ2) is 38.4. The molecule has 0 atom stereocenters. The summed E-state index contributed by atoms with van der Waals surface area (Å²) in [6.45, 7) is 42.2. The van der Waals surface area contributed by atoms with Crippen molar-refractivity contribution in [1.29, 1.82) is 0 Å². The third-order valence-corrected chi connectivity index (χ3v) is 28.7. The van der Waals surface area contributed by atoms with Crippen LogP contribution in [0.5, 0.6) is 0 Å². The molecule has 0 aliphatic heterocycles. The van der Waals surface area contributed by atoms with Gasteiger partial charge in [-0.05, 0) is 268 Å². The molecule has 10 aromatic rings. The Morgan fingerprint density at radius 1 is 0.345 bits per heavy atom. The van der Waals surface area contributed by atoms with Crippen molar-refractivity contribution >= 4 is 63.5 Å². The van der Waals surface area contributed by atoms with Gasteiger partial charge in [0.2, 0.25) is 0 Å². The smallest absolute Gasteiger partial charge is 0.333 e. The van der Waals surface area contributed by atoms with Crippen LogP contribution in [0.2, 0.25) is 0 Å². The summed E-state index contributed by atoms with van der Waals surface area (Å²) in [5, 5.41) is 9.31. The maximum Gasteiger partial charge on any atom is 0.333 e. The number of fused-ring (bicyclic) bond motifs is 12. The largest absolute Gasteiger partial charge is 0.486 e. The van der Waals surface area contributed by atoms with E-state index in [4.69, 9.17) is 13.1 Å². The zero-order valence-corrected chi connectivity index (χ0v) is 73.3. The summed E-state index contributed by atoms with van der Waals surface area (Å²) in [7, 11) is 0. The molecule has 0 saturated heterocycles. The van der Waals surface area contributed by atoms with Crippen LogP contribution in [0.15, 0.2) is 193 Å². The van der Waals surface area contributed by atoms with E-state index < -0.39 is 5.97 Å². The molecule has 0 amide bonds. The summed E-state index contributed by atoms with van der Waals surface area (Å²) in [6, 6.07) is 71.7. The molecule has 14 rings (SSSR count). The lowest BCUT2D eigenvalue weighted by Crippen LogP contribution is -2.28. The van der Waals surface area contributed by atoms with Crippen molar-refractivity contribution in [3.63, 3.8) is 0 Å². The fourth-order valence-corrected chi connectivity index (χ4v) is 22.4. The molecule has 0 fully saturated rings. The Kier molecular flexibility index (Phi) is 28.0. The summed E-state index contributed by atoms with van der Waals surface area (Å²) in [4.78, 5) is 27.8. The standard InChI is InChI=1S/C71H80N2S.C37H46N2O2S/c1-9-15-39-69(40-16-10-2)62-27-23-21-25-56(62)59-35-30-52(47-65(59)69)73(53-31-36-60-57-26-22-24-28-63(57)70(41-17-11-3,42-18-12-4)66(60)48-53)54-32-37-61-58-34-29-51(68-38-33-55(74-68)45-50(7)72-8)46-64(58)71(43-19-13-5,44-20-14-6)67(61)49-54;1-6-10-20-37(21-11-7-2)32-24-27(35-19-16-29(42-35)26-34(38-5)36(40)41)14-17-30(32)31-18-15-28(25-33(31)37)39(22-12-8-3)23-13-9-4/h21-38,45-49H,9-20,39-44H2,1-7H3;14-19,24-26H,6-13,20-23H2,1-4H3,(H,40,41)/b50-45-;34-26-. The number of hydrogen-bond acceptors (Lipinski definition) is 5. The summed E-state index contributed by atoms with van der Waals surface area (Å²) >= 11 is 3.34. The summed E-state index contributed by atoms with van der Waals surface area (Å²) < 4.78 is 0. The van der Waals surface area contributed by atoms with Crippen LogP contribution in [0.4, 0.5) is 22.7 Å². The van der Waals surface area contributed by atoms with Crippen molar-refractivity contribution < 1.29 is 9.90 Å². The van der Waals surface area contributed by atoms with Crippen molar-refractivity contribution in [2.45, 2.75) is 278 Å². The van der Waals surface area contributed by atoms with E-state index in [0.29, 0.717) is 0 Å². The minimum Gasteiger partial charge on any atom is -0.486 e. The first-order valence-corrected chi connectivity index (χ1v) is 46.5. The topological polar surface area (TPSA) is 52.5 Å². The number of carboxylic acids is 1. The first-order valence-electron chi connectivity index (χ1n) is 44.9. The van der Waals surface area contributed by atoms with Gasteiger partial charge in [-0.1, -0.05) is 282 Å². The van der Waals surface area contributed by atoms with Crippen LogP contribution in [0.1, 0.15) is 310 Å². The zero-order chi connectivity index (χ0) is 81.6. The molecule has 0 unspecified atom stereocenters. The number of unbranched alkanes of at least 4 members (excludes halogenated alkanes) is 10. The highest BCUT2D eigenvalue weighted by molar-refractivity contribution is 7.16. The lowest BCUT2D eigenvalue weighted by Gasteiger charge is -2.36. The molecule has 116 heavy (non-hydrogen) atoms. The monoisotopic (exact) mass is 1570 g/mol. The molecular formula is C108H126N4O2S2. The minimum absolute atomic E-state index is 0.00947. The quantitative estimate of drug-likeness (QED) is 0.0308. The third kappa shape index (κ3) is 16.6. The van der Waals surface area contributed by atoms with Gasteiger partial charge >= 0.3 is 5.97 Å². The number of aliphatic carboxylic acids is 1. The van der Waals surface area contributed by atoms with E-state index in [1.807, 2.05) is 19.1 Å². The number of thiophene rings is 2. The molecule has 1 N–H and O–H groups in total. The molecule has 6 nitrogen and oxygen atoms in total. The molecular weight excluding hydrogens is 1450 g/mol. The fourth-order valence-electron chi connectivity index (χ4n) is 20.5. The van der Waals surface area contributed by atoms with Gasteiger partial charge in [-0.25, -0.2) is 9.69 Å².